The van der Waals surface area contributed by atoms with Crippen molar-refractivity contribution in [2.24, 2.45) is 0 Å². The monoisotopic (exact) mass is 293 g/mol. The van der Waals surface area contributed by atoms with Crippen molar-refractivity contribution in [2.45, 2.75) is 6.42 Å². The number of carbonyl (C=O) groups is 1. The summed E-state index contributed by atoms with van der Waals surface area (Å²) in [5.41, 5.74) is 0.677. The maximum absolute atomic E-state index is 13.5. The minimum absolute atomic E-state index is 0.330. The van der Waals surface area contributed by atoms with E-state index in [2.05, 4.69) is 5.32 Å². The first kappa shape index (κ1) is 14.3. The van der Waals surface area contributed by atoms with Gasteiger partial charge in [0.1, 0.15) is 17.1 Å². The van der Waals surface area contributed by atoms with Gasteiger partial charge < -0.3 is 10.4 Å². The molecule has 2 aromatic rings. The SMILES string of the molecule is O=C(NCCc1ccc(Cl)cc1)c1c(O)cccc1F. The number of phenols is 1. The Labute approximate surface area is 121 Å². The van der Waals surface area contributed by atoms with Crippen LogP contribution in [0.25, 0.3) is 0 Å². The molecule has 0 aliphatic carbocycles. The van der Waals surface area contributed by atoms with Crippen LogP contribution in [0.5, 0.6) is 5.75 Å². The fraction of sp³-hybridized carbons (Fsp3) is 0.133. The zero-order valence-electron chi connectivity index (χ0n) is 10.6. The highest BCUT2D eigenvalue weighted by atomic mass is 35.5. The van der Waals surface area contributed by atoms with Crippen molar-refractivity contribution in [2.75, 3.05) is 6.54 Å². The molecule has 0 fully saturated rings. The van der Waals surface area contributed by atoms with Gasteiger partial charge in [-0.15, -0.1) is 0 Å². The van der Waals surface area contributed by atoms with Gasteiger partial charge in [-0.3, -0.25) is 4.79 Å². The Morgan fingerprint density at radius 3 is 2.55 bits per heavy atom. The molecule has 3 nitrogen and oxygen atoms in total. The quantitative estimate of drug-likeness (QED) is 0.910. The summed E-state index contributed by atoms with van der Waals surface area (Å²) in [5, 5.41) is 12.7. The van der Waals surface area contributed by atoms with Crippen molar-refractivity contribution in [3.63, 3.8) is 0 Å². The molecule has 0 heterocycles. The molecular weight excluding hydrogens is 281 g/mol. The lowest BCUT2D eigenvalue weighted by atomic mass is 10.1. The van der Waals surface area contributed by atoms with Gasteiger partial charge in [0.25, 0.3) is 5.91 Å². The van der Waals surface area contributed by atoms with Gasteiger partial charge in [-0.05, 0) is 36.2 Å². The first-order chi connectivity index (χ1) is 9.58. The third kappa shape index (κ3) is 3.48. The third-order valence-corrected chi connectivity index (χ3v) is 3.08. The average molecular weight is 294 g/mol. The molecule has 0 spiro atoms. The molecule has 0 bridgehead atoms. The zero-order chi connectivity index (χ0) is 14.5. The van der Waals surface area contributed by atoms with Crippen LogP contribution < -0.4 is 5.32 Å². The molecule has 0 unspecified atom stereocenters. The number of amides is 1. The topological polar surface area (TPSA) is 49.3 Å². The van der Waals surface area contributed by atoms with E-state index in [1.54, 1.807) is 12.1 Å². The Kier molecular flexibility index (Phi) is 4.58. The Bertz CT molecular complexity index is 594. The maximum Gasteiger partial charge on any atom is 0.258 e. The molecule has 0 aliphatic heterocycles. The van der Waals surface area contributed by atoms with E-state index >= 15 is 0 Å². The number of carbonyl (C=O) groups excluding carboxylic acids is 1. The minimum Gasteiger partial charge on any atom is -0.507 e. The zero-order valence-corrected chi connectivity index (χ0v) is 11.3. The third-order valence-electron chi connectivity index (χ3n) is 2.83. The molecule has 0 saturated carbocycles. The highest BCUT2D eigenvalue weighted by molar-refractivity contribution is 6.30. The summed E-state index contributed by atoms with van der Waals surface area (Å²) in [7, 11) is 0. The average Bonchev–Trinajstić information content (AvgIpc) is 2.41. The molecule has 0 aliphatic rings. The van der Waals surface area contributed by atoms with Gasteiger partial charge in [0.2, 0.25) is 0 Å². The molecule has 0 radical (unpaired) electrons. The molecule has 1 amide bonds. The van der Waals surface area contributed by atoms with Crippen molar-refractivity contribution >= 4 is 17.5 Å². The van der Waals surface area contributed by atoms with Gasteiger partial charge in [0, 0.05) is 11.6 Å². The second-order valence-corrected chi connectivity index (χ2v) is 4.70. The van der Waals surface area contributed by atoms with E-state index in [0.717, 1.165) is 11.6 Å². The number of hydrogen-bond acceptors (Lipinski definition) is 2. The van der Waals surface area contributed by atoms with Crippen molar-refractivity contribution in [3.8, 4) is 5.75 Å². The van der Waals surface area contributed by atoms with E-state index in [1.807, 2.05) is 12.1 Å². The number of aromatic hydroxyl groups is 1. The highest BCUT2D eigenvalue weighted by Gasteiger charge is 2.15. The van der Waals surface area contributed by atoms with Crippen LogP contribution in [-0.2, 0) is 6.42 Å². The summed E-state index contributed by atoms with van der Waals surface area (Å²) < 4.78 is 13.5. The van der Waals surface area contributed by atoms with E-state index < -0.39 is 11.7 Å². The predicted molar refractivity (Wildman–Crippen MR) is 75.6 cm³/mol. The van der Waals surface area contributed by atoms with Crippen LogP contribution in [0, 0.1) is 5.82 Å². The van der Waals surface area contributed by atoms with Crippen molar-refractivity contribution < 1.29 is 14.3 Å². The second kappa shape index (κ2) is 6.39. The van der Waals surface area contributed by atoms with Gasteiger partial charge >= 0.3 is 0 Å². The summed E-state index contributed by atoms with van der Waals surface area (Å²) in [4.78, 5) is 11.8. The van der Waals surface area contributed by atoms with Crippen LogP contribution in [0.2, 0.25) is 5.02 Å². The predicted octanol–water partition coefficient (Wildman–Crippen LogP) is 3.16. The molecule has 2 rings (SSSR count). The lowest BCUT2D eigenvalue weighted by Gasteiger charge is -2.07. The number of nitrogens with one attached hydrogen (secondary N) is 1. The normalized spacial score (nSPS) is 10.3. The standard InChI is InChI=1S/C15H13ClFNO2/c16-11-6-4-10(5-7-11)8-9-18-15(20)14-12(17)2-1-3-13(14)19/h1-7,19H,8-9H2,(H,18,20). The number of hydrogen-bond donors (Lipinski definition) is 2. The Morgan fingerprint density at radius 2 is 1.90 bits per heavy atom. The van der Waals surface area contributed by atoms with Crippen molar-refractivity contribution in [1.29, 1.82) is 0 Å². The second-order valence-electron chi connectivity index (χ2n) is 4.27. The number of halogens is 2. The Morgan fingerprint density at radius 1 is 1.20 bits per heavy atom. The fourth-order valence-corrected chi connectivity index (χ4v) is 1.92. The summed E-state index contributed by atoms with van der Waals surface area (Å²) >= 11 is 5.77. The number of phenolic OH excluding ortho intramolecular Hbond substituents is 1. The largest absolute Gasteiger partial charge is 0.507 e. The highest BCUT2D eigenvalue weighted by Crippen LogP contribution is 2.19. The molecule has 0 saturated heterocycles. The minimum atomic E-state index is -0.742. The Balaban J connectivity index is 1.94. The van der Waals surface area contributed by atoms with Gasteiger partial charge in [-0.1, -0.05) is 29.8 Å². The van der Waals surface area contributed by atoms with E-state index in [9.17, 15) is 14.3 Å². The van der Waals surface area contributed by atoms with Crippen molar-refractivity contribution in [1.82, 2.24) is 5.32 Å². The van der Waals surface area contributed by atoms with Crippen molar-refractivity contribution in [3.05, 3.63) is 64.4 Å². The van der Waals surface area contributed by atoms with Crippen LogP contribution in [0.15, 0.2) is 42.5 Å². The van der Waals surface area contributed by atoms with E-state index in [0.29, 0.717) is 18.0 Å². The van der Waals surface area contributed by atoms with Crippen LogP contribution in [-0.4, -0.2) is 17.6 Å². The lowest BCUT2D eigenvalue weighted by Crippen LogP contribution is -2.26. The molecule has 0 aromatic heterocycles. The molecule has 5 heteroatoms. The summed E-state index contributed by atoms with van der Waals surface area (Å²) in [6.45, 7) is 0.342. The van der Waals surface area contributed by atoms with Gasteiger partial charge in [0.15, 0.2) is 0 Å². The molecule has 20 heavy (non-hydrogen) atoms. The van der Waals surface area contributed by atoms with Crippen LogP contribution in [0.4, 0.5) is 4.39 Å². The first-order valence-electron chi connectivity index (χ1n) is 6.08. The van der Waals surface area contributed by atoms with Gasteiger partial charge in [-0.25, -0.2) is 4.39 Å². The fourth-order valence-electron chi connectivity index (χ4n) is 1.80. The molecule has 2 N–H and O–H groups in total. The van der Waals surface area contributed by atoms with Gasteiger partial charge in [-0.2, -0.15) is 0 Å². The number of rotatable bonds is 4. The van der Waals surface area contributed by atoms with Crippen LogP contribution >= 0.6 is 11.6 Å². The molecule has 2 aromatic carbocycles. The lowest BCUT2D eigenvalue weighted by molar-refractivity contribution is 0.0947. The van der Waals surface area contributed by atoms with E-state index in [-0.39, 0.29) is 11.3 Å². The van der Waals surface area contributed by atoms with Crippen LogP contribution in [0.3, 0.4) is 0 Å². The molecular formula is C15H13ClFNO2. The first-order valence-corrected chi connectivity index (χ1v) is 6.46. The number of benzene rings is 2. The Hall–Kier alpha value is -2.07. The van der Waals surface area contributed by atoms with Gasteiger partial charge in [0.05, 0.1) is 0 Å². The maximum atomic E-state index is 13.5. The van der Waals surface area contributed by atoms with E-state index in [4.69, 9.17) is 11.6 Å². The summed E-state index contributed by atoms with van der Waals surface area (Å²) in [6.07, 6.45) is 0.595. The van der Waals surface area contributed by atoms with Crippen LogP contribution in [0.1, 0.15) is 15.9 Å². The molecule has 0 atom stereocenters. The summed E-state index contributed by atoms with van der Waals surface area (Å²) in [6, 6.07) is 11.0. The summed E-state index contributed by atoms with van der Waals surface area (Å²) in [5.74, 6) is -1.74. The molecule has 104 valence electrons. The smallest absolute Gasteiger partial charge is 0.258 e. The van der Waals surface area contributed by atoms with E-state index in [1.165, 1.54) is 12.1 Å².